The third-order valence-corrected chi connectivity index (χ3v) is 3.17. The molecular formula is C12H13Br2NO2. The van der Waals surface area contributed by atoms with E-state index >= 15 is 0 Å². The van der Waals surface area contributed by atoms with Crippen LogP contribution in [0.4, 0.5) is 5.69 Å². The molecule has 3 nitrogen and oxygen atoms in total. The Labute approximate surface area is 117 Å². The summed E-state index contributed by atoms with van der Waals surface area (Å²) in [5.74, 6) is -0.369. The van der Waals surface area contributed by atoms with Crippen LogP contribution in [0, 0.1) is 0 Å². The summed E-state index contributed by atoms with van der Waals surface area (Å²) in [4.78, 5) is 11.3. The molecule has 0 aromatic heterocycles. The Kier molecular flexibility index (Phi) is 5.71. The van der Waals surface area contributed by atoms with Gasteiger partial charge in [-0.1, -0.05) is 22.5 Å². The molecule has 1 aromatic rings. The number of ether oxygens (including phenoxy) is 1. The van der Waals surface area contributed by atoms with Crippen molar-refractivity contribution in [3.8, 4) is 0 Å². The molecule has 1 N–H and O–H groups in total. The minimum Gasteiger partial charge on any atom is -0.463 e. The molecule has 0 bridgehead atoms. The van der Waals surface area contributed by atoms with E-state index in [4.69, 9.17) is 4.74 Å². The highest BCUT2D eigenvalue weighted by atomic mass is 79.9. The number of hydrogen-bond donors (Lipinski definition) is 1. The summed E-state index contributed by atoms with van der Waals surface area (Å²) in [6.07, 6.45) is 0. The number of halogens is 2. The van der Waals surface area contributed by atoms with E-state index in [1.54, 1.807) is 6.92 Å². The van der Waals surface area contributed by atoms with Crippen molar-refractivity contribution in [1.82, 2.24) is 0 Å². The second kappa shape index (κ2) is 6.81. The number of hydrogen-bond acceptors (Lipinski definition) is 3. The van der Waals surface area contributed by atoms with Crippen molar-refractivity contribution >= 4 is 43.5 Å². The molecule has 1 aromatic carbocycles. The second-order valence-corrected chi connectivity index (χ2v) is 5.07. The quantitative estimate of drug-likeness (QED) is 0.640. The van der Waals surface area contributed by atoms with Gasteiger partial charge in [0.2, 0.25) is 0 Å². The van der Waals surface area contributed by atoms with Crippen molar-refractivity contribution in [2.75, 3.05) is 18.5 Å². The summed E-state index contributed by atoms with van der Waals surface area (Å²) in [7, 11) is 0. The van der Waals surface area contributed by atoms with Crippen LogP contribution < -0.4 is 5.32 Å². The van der Waals surface area contributed by atoms with Gasteiger partial charge in [0.25, 0.3) is 0 Å². The van der Waals surface area contributed by atoms with Crippen LogP contribution in [-0.2, 0) is 9.53 Å². The Hall–Kier alpha value is -0.810. The summed E-state index contributed by atoms with van der Waals surface area (Å²) in [5, 5.41) is 3.12. The van der Waals surface area contributed by atoms with Crippen LogP contribution >= 0.6 is 31.9 Å². The van der Waals surface area contributed by atoms with Gasteiger partial charge in [-0.25, -0.2) is 4.79 Å². The zero-order valence-corrected chi connectivity index (χ0v) is 12.6. The highest BCUT2D eigenvalue weighted by Gasteiger charge is 2.08. The monoisotopic (exact) mass is 361 g/mol. The lowest BCUT2D eigenvalue weighted by Gasteiger charge is -2.10. The molecular weight excluding hydrogens is 350 g/mol. The number of nitrogens with one attached hydrogen (secondary N) is 1. The Morgan fingerprint density at radius 1 is 1.47 bits per heavy atom. The molecule has 0 heterocycles. The third kappa shape index (κ3) is 4.52. The summed E-state index contributed by atoms with van der Waals surface area (Å²) in [6.45, 7) is 6.16. The van der Waals surface area contributed by atoms with Crippen LogP contribution in [0.2, 0.25) is 0 Å². The number of anilines is 1. The van der Waals surface area contributed by atoms with Crippen LogP contribution in [0.25, 0.3) is 0 Å². The van der Waals surface area contributed by atoms with Crippen LogP contribution in [0.1, 0.15) is 6.92 Å². The van der Waals surface area contributed by atoms with Crippen molar-refractivity contribution in [2.24, 2.45) is 0 Å². The number of esters is 1. The first kappa shape index (κ1) is 14.3. The number of carbonyl (C=O) groups is 1. The standard InChI is InChI=1S/C12H13Br2NO2/c1-3-17-12(16)8(2)7-15-11-6-9(13)4-5-10(11)14/h4-6,15H,2-3,7H2,1H3. The molecule has 17 heavy (non-hydrogen) atoms. The summed E-state index contributed by atoms with van der Waals surface area (Å²) >= 11 is 6.80. The molecule has 0 spiro atoms. The van der Waals surface area contributed by atoms with Crippen LogP contribution in [0.15, 0.2) is 39.3 Å². The molecule has 0 amide bonds. The van der Waals surface area contributed by atoms with E-state index in [1.165, 1.54) is 0 Å². The predicted molar refractivity (Wildman–Crippen MR) is 76.1 cm³/mol. The Balaban J connectivity index is 2.58. The van der Waals surface area contributed by atoms with Crippen LogP contribution in [0.3, 0.4) is 0 Å². The van der Waals surface area contributed by atoms with Gasteiger partial charge in [0.1, 0.15) is 0 Å². The number of carbonyl (C=O) groups excluding carboxylic acids is 1. The van der Waals surface area contributed by atoms with Gasteiger partial charge >= 0.3 is 5.97 Å². The van der Waals surface area contributed by atoms with Crippen molar-refractivity contribution in [3.05, 3.63) is 39.3 Å². The molecule has 0 aliphatic heterocycles. The zero-order valence-electron chi connectivity index (χ0n) is 9.43. The molecule has 92 valence electrons. The molecule has 0 atom stereocenters. The summed E-state index contributed by atoms with van der Waals surface area (Å²) < 4.78 is 6.74. The van der Waals surface area contributed by atoms with E-state index in [0.717, 1.165) is 14.6 Å². The highest BCUT2D eigenvalue weighted by Crippen LogP contribution is 2.26. The van der Waals surface area contributed by atoms with Gasteiger partial charge < -0.3 is 10.1 Å². The first-order valence-electron chi connectivity index (χ1n) is 5.08. The lowest BCUT2D eigenvalue weighted by molar-refractivity contribution is -0.138. The number of benzene rings is 1. The average Bonchev–Trinajstić information content (AvgIpc) is 2.30. The summed E-state index contributed by atoms with van der Waals surface area (Å²) in [6, 6.07) is 5.76. The molecule has 0 saturated heterocycles. The number of rotatable bonds is 5. The van der Waals surface area contributed by atoms with Crippen molar-refractivity contribution in [1.29, 1.82) is 0 Å². The first-order valence-corrected chi connectivity index (χ1v) is 6.67. The molecule has 0 aliphatic rings. The highest BCUT2D eigenvalue weighted by molar-refractivity contribution is 9.11. The predicted octanol–water partition coefficient (Wildman–Crippen LogP) is 3.74. The van der Waals surface area contributed by atoms with E-state index in [0.29, 0.717) is 18.7 Å². The van der Waals surface area contributed by atoms with Gasteiger partial charge in [-0.2, -0.15) is 0 Å². The lowest BCUT2D eigenvalue weighted by atomic mass is 10.2. The van der Waals surface area contributed by atoms with Gasteiger partial charge in [-0.05, 0) is 41.1 Å². The van der Waals surface area contributed by atoms with E-state index in [9.17, 15) is 4.79 Å². The fourth-order valence-corrected chi connectivity index (χ4v) is 1.89. The van der Waals surface area contributed by atoms with Gasteiger partial charge in [-0.15, -0.1) is 0 Å². The van der Waals surface area contributed by atoms with Crippen LogP contribution in [-0.4, -0.2) is 19.1 Å². The van der Waals surface area contributed by atoms with E-state index in [-0.39, 0.29) is 5.97 Å². The largest absolute Gasteiger partial charge is 0.463 e. The van der Waals surface area contributed by atoms with Crippen molar-refractivity contribution in [2.45, 2.75) is 6.92 Å². The SMILES string of the molecule is C=C(CNc1cc(Br)ccc1Br)C(=O)OCC. The van der Waals surface area contributed by atoms with Crippen molar-refractivity contribution < 1.29 is 9.53 Å². The van der Waals surface area contributed by atoms with Gasteiger partial charge in [0, 0.05) is 26.8 Å². The maximum atomic E-state index is 11.3. The fraction of sp³-hybridized carbons (Fsp3) is 0.250. The molecule has 5 heteroatoms. The average molecular weight is 363 g/mol. The normalized spacial score (nSPS) is 9.82. The van der Waals surface area contributed by atoms with Crippen LogP contribution in [0.5, 0.6) is 0 Å². The molecule has 0 fully saturated rings. The lowest BCUT2D eigenvalue weighted by Crippen LogP contribution is -2.14. The second-order valence-electron chi connectivity index (χ2n) is 3.30. The van der Waals surface area contributed by atoms with E-state index in [2.05, 4.69) is 43.8 Å². The Bertz CT molecular complexity index is 433. The zero-order chi connectivity index (χ0) is 12.8. The van der Waals surface area contributed by atoms with Gasteiger partial charge in [-0.3, -0.25) is 0 Å². The van der Waals surface area contributed by atoms with E-state index < -0.39 is 0 Å². The maximum Gasteiger partial charge on any atom is 0.335 e. The maximum absolute atomic E-state index is 11.3. The third-order valence-electron chi connectivity index (χ3n) is 1.98. The van der Waals surface area contributed by atoms with E-state index in [1.807, 2.05) is 18.2 Å². The fourth-order valence-electron chi connectivity index (χ4n) is 1.14. The Morgan fingerprint density at radius 3 is 2.82 bits per heavy atom. The molecule has 0 aliphatic carbocycles. The van der Waals surface area contributed by atoms with Gasteiger partial charge in [0.05, 0.1) is 6.61 Å². The minimum absolute atomic E-state index is 0.355. The molecule has 1 rings (SSSR count). The topological polar surface area (TPSA) is 38.3 Å². The summed E-state index contributed by atoms with van der Waals surface area (Å²) in [5.41, 5.74) is 1.29. The van der Waals surface area contributed by atoms with Gasteiger partial charge in [0.15, 0.2) is 0 Å². The smallest absolute Gasteiger partial charge is 0.335 e. The molecule has 0 radical (unpaired) electrons. The van der Waals surface area contributed by atoms with Crippen molar-refractivity contribution in [3.63, 3.8) is 0 Å². The Morgan fingerprint density at radius 2 is 2.18 bits per heavy atom. The molecule has 0 unspecified atom stereocenters. The molecule has 0 saturated carbocycles. The first-order chi connectivity index (χ1) is 8.04. The minimum atomic E-state index is -0.369.